The topological polar surface area (TPSA) is 71.5 Å². The number of rotatable bonds is 4. The van der Waals surface area contributed by atoms with Crippen LogP contribution in [0.2, 0.25) is 0 Å². The van der Waals surface area contributed by atoms with Gasteiger partial charge >= 0.3 is 5.97 Å². The zero-order chi connectivity index (χ0) is 18.8. The van der Waals surface area contributed by atoms with Crippen molar-refractivity contribution in [2.45, 2.75) is 6.92 Å². The van der Waals surface area contributed by atoms with Crippen LogP contribution in [0, 0.1) is 6.92 Å². The smallest absolute Gasteiger partial charge is 0.331 e. The number of nitrogens with zero attached hydrogens (tertiary/aromatic N) is 2. The van der Waals surface area contributed by atoms with Gasteiger partial charge in [0.2, 0.25) is 5.91 Å². The highest BCUT2D eigenvalue weighted by molar-refractivity contribution is 7.14. The van der Waals surface area contributed by atoms with Crippen molar-refractivity contribution in [1.82, 2.24) is 4.98 Å². The lowest BCUT2D eigenvalue weighted by Crippen LogP contribution is -2.41. The number of hydrogen-bond donors (Lipinski definition) is 1. The number of aryl methyl sites for hydroxylation is 1. The molecule has 136 valence electrons. The van der Waals surface area contributed by atoms with E-state index in [9.17, 15) is 9.59 Å². The summed E-state index contributed by atoms with van der Waals surface area (Å²) in [5, 5.41) is 5.25. The lowest BCUT2D eigenvalue weighted by atomic mass is 10.1. The molecule has 1 N–H and O–H groups in total. The van der Waals surface area contributed by atoms with Gasteiger partial charge < -0.3 is 15.0 Å². The molecule has 0 radical (unpaired) electrons. The van der Waals surface area contributed by atoms with Gasteiger partial charge in [0.15, 0.2) is 10.9 Å². The van der Waals surface area contributed by atoms with E-state index in [4.69, 9.17) is 4.74 Å². The Balaban J connectivity index is 1.47. The monoisotopic (exact) mass is 379 g/mol. The minimum atomic E-state index is -0.375. The number of carbonyl (C=O) groups is 2. The highest BCUT2D eigenvalue weighted by Crippen LogP contribution is 2.32. The molecule has 0 aliphatic carbocycles. The van der Waals surface area contributed by atoms with Crippen LogP contribution in [0.4, 0.5) is 10.8 Å². The van der Waals surface area contributed by atoms with Gasteiger partial charge in [-0.15, -0.1) is 11.3 Å². The highest BCUT2D eigenvalue weighted by Gasteiger charge is 2.26. The summed E-state index contributed by atoms with van der Waals surface area (Å²) in [4.78, 5) is 30.5. The van der Waals surface area contributed by atoms with Crippen molar-refractivity contribution in [3.05, 3.63) is 59.5 Å². The molecular weight excluding hydrogens is 362 g/mol. The molecule has 1 aliphatic rings. The van der Waals surface area contributed by atoms with Crippen LogP contribution in [-0.2, 0) is 9.59 Å². The SMILES string of the molecule is Cc1ccc2c(c1)N(CC(=O)Nc1nc(-c3ccccc3)cs1)CC(=O)O2. The van der Waals surface area contributed by atoms with Crippen molar-refractivity contribution in [1.29, 1.82) is 0 Å². The summed E-state index contributed by atoms with van der Waals surface area (Å²) < 4.78 is 5.25. The first-order valence-corrected chi connectivity index (χ1v) is 9.33. The number of amides is 1. The molecular formula is C20H17N3O3S. The van der Waals surface area contributed by atoms with Crippen LogP contribution in [0.25, 0.3) is 11.3 Å². The molecule has 2 heterocycles. The molecule has 6 nitrogen and oxygen atoms in total. The van der Waals surface area contributed by atoms with E-state index < -0.39 is 0 Å². The van der Waals surface area contributed by atoms with E-state index in [2.05, 4.69) is 10.3 Å². The Labute approximate surface area is 160 Å². The Kier molecular flexibility index (Phi) is 4.60. The van der Waals surface area contributed by atoms with Gasteiger partial charge in [-0.1, -0.05) is 36.4 Å². The Hall–Kier alpha value is -3.19. The van der Waals surface area contributed by atoms with E-state index in [1.807, 2.05) is 54.8 Å². The molecule has 7 heteroatoms. The third-order valence-corrected chi connectivity index (χ3v) is 4.91. The van der Waals surface area contributed by atoms with Crippen LogP contribution in [0.15, 0.2) is 53.9 Å². The number of hydrogen-bond acceptors (Lipinski definition) is 6. The summed E-state index contributed by atoms with van der Waals surface area (Å²) in [6.07, 6.45) is 0. The zero-order valence-corrected chi connectivity index (χ0v) is 15.5. The number of benzene rings is 2. The Morgan fingerprint density at radius 2 is 2.07 bits per heavy atom. The summed E-state index contributed by atoms with van der Waals surface area (Å²) in [5.41, 5.74) is 3.59. The van der Waals surface area contributed by atoms with Crippen molar-refractivity contribution in [2.75, 3.05) is 23.3 Å². The summed E-state index contributed by atoms with van der Waals surface area (Å²) in [7, 11) is 0. The van der Waals surface area contributed by atoms with E-state index in [1.54, 1.807) is 11.0 Å². The first-order chi connectivity index (χ1) is 13.1. The fraction of sp³-hybridized carbons (Fsp3) is 0.150. The molecule has 0 unspecified atom stereocenters. The first-order valence-electron chi connectivity index (χ1n) is 8.45. The van der Waals surface area contributed by atoms with E-state index in [1.165, 1.54) is 11.3 Å². The lowest BCUT2D eigenvalue weighted by molar-refractivity contribution is -0.133. The normalized spacial score (nSPS) is 13.1. The van der Waals surface area contributed by atoms with E-state index in [0.717, 1.165) is 22.5 Å². The molecule has 0 spiro atoms. The summed E-state index contributed by atoms with van der Waals surface area (Å²) >= 11 is 1.37. The number of thiazole rings is 1. The maximum Gasteiger partial charge on any atom is 0.331 e. The first kappa shape index (κ1) is 17.2. The van der Waals surface area contributed by atoms with Gasteiger partial charge in [0.05, 0.1) is 17.9 Å². The molecule has 0 bridgehead atoms. The molecule has 1 amide bonds. The highest BCUT2D eigenvalue weighted by atomic mass is 32.1. The van der Waals surface area contributed by atoms with Crippen molar-refractivity contribution < 1.29 is 14.3 Å². The molecule has 3 aromatic rings. The van der Waals surface area contributed by atoms with Gasteiger partial charge in [-0.3, -0.25) is 4.79 Å². The van der Waals surface area contributed by atoms with Crippen molar-refractivity contribution in [3.63, 3.8) is 0 Å². The number of carbonyl (C=O) groups excluding carboxylic acids is 2. The summed E-state index contributed by atoms with van der Waals surface area (Å²) in [5.74, 6) is -0.129. The fourth-order valence-corrected chi connectivity index (χ4v) is 3.64. The second-order valence-electron chi connectivity index (χ2n) is 6.25. The molecule has 0 fully saturated rings. The molecule has 0 saturated heterocycles. The van der Waals surface area contributed by atoms with E-state index in [0.29, 0.717) is 10.9 Å². The van der Waals surface area contributed by atoms with Crippen LogP contribution in [0.1, 0.15) is 5.56 Å². The Bertz CT molecular complexity index is 1000. The number of esters is 1. The van der Waals surface area contributed by atoms with Gasteiger partial charge in [-0.2, -0.15) is 0 Å². The number of ether oxygens (including phenoxy) is 1. The van der Waals surface area contributed by atoms with Crippen LogP contribution in [0.5, 0.6) is 5.75 Å². The Morgan fingerprint density at radius 3 is 2.89 bits per heavy atom. The number of nitrogens with one attached hydrogen (secondary N) is 1. The maximum atomic E-state index is 12.5. The lowest BCUT2D eigenvalue weighted by Gasteiger charge is -2.29. The van der Waals surface area contributed by atoms with E-state index in [-0.39, 0.29) is 25.0 Å². The van der Waals surface area contributed by atoms with Crippen molar-refractivity contribution in [3.8, 4) is 17.0 Å². The third kappa shape index (κ3) is 3.83. The molecule has 0 saturated carbocycles. The average molecular weight is 379 g/mol. The number of aromatic nitrogens is 1. The summed E-state index contributed by atoms with van der Waals surface area (Å²) in [6.45, 7) is 2.04. The van der Waals surface area contributed by atoms with Gasteiger partial charge in [0.25, 0.3) is 0 Å². The largest absolute Gasteiger partial charge is 0.423 e. The average Bonchev–Trinajstić information content (AvgIpc) is 3.11. The third-order valence-electron chi connectivity index (χ3n) is 4.15. The Morgan fingerprint density at radius 1 is 1.26 bits per heavy atom. The van der Waals surface area contributed by atoms with Gasteiger partial charge in [0, 0.05) is 10.9 Å². The van der Waals surface area contributed by atoms with E-state index >= 15 is 0 Å². The quantitative estimate of drug-likeness (QED) is 0.555. The predicted molar refractivity (Wildman–Crippen MR) is 105 cm³/mol. The molecule has 0 atom stereocenters. The van der Waals surface area contributed by atoms with Crippen LogP contribution in [-0.4, -0.2) is 29.9 Å². The molecule has 2 aromatic carbocycles. The zero-order valence-electron chi connectivity index (χ0n) is 14.6. The second kappa shape index (κ2) is 7.20. The van der Waals surface area contributed by atoms with Crippen LogP contribution < -0.4 is 15.0 Å². The van der Waals surface area contributed by atoms with Gasteiger partial charge in [0.1, 0.15) is 6.54 Å². The number of anilines is 2. The second-order valence-corrected chi connectivity index (χ2v) is 7.11. The van der Waals surface area contributed by atoms with Gasteiger partial charge in [-0.25, -0.2) is 9.78 Å². The maximum absolute atomic E-state index is 12.5. The van der Waals surface area contributed by atoms with Crippen molar-refractivity contribution >= 4 is 34.0 Å². The van der Waals surface area contributed by atoms with Crippen molar-refractivity contribution in [2.24, 2.45) is 0 Å². The molecule has 27 heavy (non-hydrogen) atoms. The predicted octanol–water partition coefficient (Wildman–Crippen LogP) is 3.48. The summed E-state index contributed by atoms with van der Waals surface area (Å²) in [6, 6.07) is 15.3. The molecule has 1 aromatic heterocycles. The van der Waals surface area contributed by atoms with Gasteiger partial charge in [-0.05, 0) is 24.6 Å². The minimum absolute atomic E-state index is 0.0387. The molecule has 1 aliphatic heterocycles. The standard InChI is InChI=1S/C20H17N3O3S/c1-13-7-8-17-16(9-13)23(11-19(25)26-17)10-18(24)22-20-21-15(12-27-20)14-5-3-2-4-6-14/h2-9,12H,10-11H2,1H3,(H,21,22,24). The molecule has 4 rings (SSSR count). The minimum Gasteiger partial charge on any atom is -0.423 e. The van der Waals surface area contributed by atoms with Crippen LogP contribution >= 0.6 is 11.3 Å². The fourth-order valence-electron chi connectivity index (χ4n) is 2.90. The van der Waals surface area contributed by atoms with Crippen LogP contribution in [0.3, 0.4) is 0 Å². The number of fused-ring (bicyclic) bond motifs is 1.